The summed E-state index contributed by atoms with van der Waals surface area (Å²) in [6, 6.07) is 5.72. The highest BCUT2D eigenvalue weighted by molar-refractivity contribution is 4.88. The van der Waals surface area contributed by atoms with Gasteiger partial charge in [-0.05, 0) is 31.4 Å². The van der Waals surface area contributed by atoms with Gasteiger partial charge in [-0.1, -0.05) is 13.5 Å². The van der Waals surface area contributed by atoms with Crippen LogP contribution in [0.4, 0.5) is 0 Å². The van der Waals surface area contributed by atoms with Crippen LogP contribution in [0.2, 0.25) is 0 Å². The van der Waals surface area contributed by atoms with Crippen molar-refractivity contribution in [3.8, 4) is 0 Å². The second-order valence-corrected chi connectivity index (χ2v) is 2.70. The van der Waals surface area contributed by atoms with E-state index in [4.69, 9.17) is 4.74 Å². The normalized spacial score (nSPS) is 14.8. The van der Waals surface area contributed by atoms with Crippen LogP contribution in [0.3, 0.4) is 0 Å². The minimum absolute atomic E-state index is 0. The zero-order valence-corrected chi connectivity index (χ0v) is 7.28. The number of rotatable bonds is 0. The topological polar surface area (TPSA) is 22.1 Å². The number of hydrogen-bond donors (Lipinski definition) is 0. The zero-order chi connectivity index (χ0) is 8.49. The van der Waals surface area contributed by atoms with Crippen LogP contribution in [0.25, 0.3) is 0 Å². The second kappa shape index (κ2) is 9.20. The highest BCUT2D eigenvalue weighted by atomic mass is 16.5. The molecule has 2 heterocycles. The highest BCUT2D eigenvalue weighted by Gasteiger charge is 1.94. The molecule has 0 bridgehead atoms. The summed E-state index contributed by atoms with van der Waals surface area (Å²) in [6.07, 6.45) is 7.43. The Morgan fingerprint density at radius 2 is 1.46 bits per heavy atom. The minimum Gasteiger partial charge on any atom is -0.381 e. The van der Waals surface area contributed by atoms with E-state index in [0.29, 0.717) is 0 Å². The molecular weight excluding hydrogens is 162 g/mol. The van der Waals surface area contributed by atoms with E-state index in [2.05, 4.69) is 4.98 Å². The Bertz CT molecular complexity index is 134. The first kappa shape index (κ1) is 12.1. The number of nitrogens with zero attached hydrogens (tertiary/aromatic N) is 1. The molecule has 0 radical (unpaired) electrons. The van der Waals surface area contributed by atoms with Gasteiger partial charge in [-0.15, -0.1) is 0 Å². The van der Waals surface area contributed by atoms with Crippen molar-refractivity contribution in [3.63, 3.8) is 0 Å². The SMILES string of the molecule is C.C1CCOCC1.c1ccncc1. The predicted octanol–water partition coefficient (Wildman–Crippen LogP) is 2.90. The molecule has 1 aromatic rings. The molecule has 1 aromatic heterocycles. The molecule has 13 heavy (non-hydrogen) atoms. The molecule has 1 aliphatic heterocycles. The van der Waals surface area contributed by atoms with Gasteiger partial charge in [-0.3, -0.25) is 4.98 Å². The average molecular weight is 181 g/mol. The van der Waals surface area contributed by atoms with Crippen LogP contribution in [0.15, 0.2) is 30.6 Å². The van der Waals surface area contributed by atoms with Crippen molar-refractivity contribution in [2.24, 2.45) is 0 Å². The molecule has 2 nitrogen and oxygen atoms in total. The van der Waals surface area contributed by atoms with E-state index in [1.165, 1.54) is 19.3 Å². The molecule has 0 N–H and O–H groups in total. The number of aromatic nitrogens is 1. The van der Waals surface area contributed by atoms with Gasteiger partial charge in [0.2, 0.25) is 0 Å². The molecule has 0 unspecified atom stereocenters. The van der Waals surface area contributed by atoms with Crippen molar-refractivity contribution >= 4 is 0 Å². The quantitative estimate of drug-likeness (QED) is 0.614. The summed E-state index contributed by atoms with van der Waals surface area (Å²) in [7, 11) is 0. The van der Waals surface area contributed by atoms with Gasteiger partial charge in [-0.25, -0.2) is 0 Å². The van der Waals surface area contributed by atoms with E-state index in [9.17, 15) is 0 Å². The Morgan fingerprint density at radius 3 is 1.62 bits per heavy atom. The van der Waals surface area contributed by atoms with Gasteiger partial charge in [-0.2, -0.15) is 0 Å². The summed E-state index contributed by atoms with van der Waals surface area (Å²) in [5.74, 6) is 0. The highest BCUT2D eigenvalue weighted by Crippen LogP contribution is 2.02. The predicted molar refractivity (Wildman–Crippen MR) is 55.6 cm³/mol. The molecule has 2 rings (SSSR count). The van der Waals surface area contributed by atoms with Crippen molar-refractivity contribution in [2.75, 3.05) is 13.2 Å². The van der Waals surface area contributed by atoms with E-state index < -0.39 is 0 Å². The third-order valence-electron chi connectivity index (χ3n) is 1.64. The van der Waals surface area contributed by atoms with E-state index in [1.54, 1.807) is 12.4 Å². The first-order chi connectivity index (χ1) is 6.00. The molecule has 0 spiro atoms. The molecule has 0 atom stereocenters. The minimum atomic E-state index is 0. The maximum atomic E-state index is 5.07. The number of hydrogen-bond acceptors (Lipinski definition) is 2. The van der Waals surface area contributed by atoms with Crippen LogP contribution < -0.4 is 0 Å². The van der Waals surface area contributed by atoms with Crippen LogP contribution >= 0.6 is 0 Å². The lowest BCUT2D eigenvalue weighted by atomic mass is 10.2. The third-order valence-corrected chi connectivity index (χ3v) is 1.64. The molecule has 1 saturated heterocycles. The maximum absolute atomic E-state index is 5.07. The van der Waals surface area contributed by atoms with E-state index in [0.717, 1.165) is 13.2 Å². The van der Waals surface area contributed by atoms with Gasteiger partial charge < -0.3 is 4.74 Å². The van der Waals surface area contributed by atoms with Crippen molar-refractivity contribution in [3.05, 3.63) is 30.6 Å². The molecule has 1 fully saturated rings. The lowest BCUT2D eigenvalue weighted by Crippen LogP contribution is -2.03. The first-order valence-corrected chi connectivity index (χ1v) is 4.43. The largest absolute Gasteiger partial charge is 0.381 e. The van der Waals surface area contributed by atoms with Gasteiger partial charge in [0.15, 0.2) is 0 Å². The van der Waals surface area contributed by atoms with Crippen molar-refractivity contribution < 1.29 is 4.74 Å². The summed E-state index contributed by atoms with van der Waals surface area (Å²) in [6.45, 7) is 2.00. The van der Waals surface area contributed by atoms with Crippen molar-refractivity contribution in [1.29, 1.82) is 0 Å². The molecule has 1 aliphatic rings. The Balaban J connectivity index is 0.000000206. The fraction of sp³-hybridized carbons (Fsp3) is 0.545. The summed E-state index contributed by atoms with van der Waals surface area (Å²) in [4.78, 5) is 3.78. The smallest absolute Gasteiger partial charge is 0.0466 e. The summed E-state index contributed by atoms with van der Waals surface area (Å²) >= 11 is 0. The second-order valence-electron chi connectivity index (χ2n) is 2.70. The fourth-order valence-electron chi connectivity index (χ4n) is 1.000. The molecule has 0 aromatic carbocycles. The van der Waals surface area contributed by atoms with Crippen LogP contribution in [0, 0.1) is 0 Å². The number of pyridine rings is 1. The van der Waals surface area contributed by atoms with Gasteiger partial charge in [0, 0.05) is 25.6 Å². The summed E-state index contributed by atoms with van der Waals surface area (Å²) in [5, 5.41) is 0. The van der Waals surface area contributed by atoms with Gasteiger partial charge in [0.25, 0.3) is 0 Å². The third kappa shape index (κ3) is 7.47. The lowest BCUT2D eigenvalue weighted by molar-refractivity contribution is 0.0968. The number of ether oxygens (including phenoxy) is 1. The van der Waals surface area contributed by atoms with Gasteiger partial charge in [0.05, 0.1) is 0 Å². The van der Waals surface area contributed by atoms with E-state index >= 15 is 0 Å². The van der Waals surface area contributed by atoms with Crippen LogP contribution in [-0.4, -0.2) is 18.2 Å². The van der Waals surface area contributed by atoms with Crippen LogP contribution in [0.1, 0.15) is 26.7 Å². The Hall–Kier alpha value is -0.890. The van der Waals surface area contributed by atoms with Crippen LogP contribution in [0.5, 0.6) is 0 Å². The van der Waals surface area contributed by atoms with Crippen molar-refractivity contribution in [2.45, 2.75) is 26.7 Å². The van der Waals surface area contributed by atoms with Crippen LogP contribution in [-0.2, 0) is 4.74 Å². The fourth-order valence-corrected chi connectivity index (χ4v) is 1.000. The maximum Gasteiger partial charge on any atom is 0.0466 e. The molecule has 0 amide bonds. The molecular formula is C11H19NO. The van der Waals surface area contributed by atoms with Crippen molar-refractivity contribution in [1.82, 2.24) is 4.98 Å². The Kier molecular flexibility index (Phi) is 8.57. The van der Waals surface area contributed by atoms with E-state index in [-0.39, 0.29) is 7.43 Å². The van der Waals surface area contributed by atoms with E-state index in [1.807, 2.05) is 18.2 Å². The first-order valence-electron chi connectivity index (χ1n) is 4.43. The molecule has 0 saturated carbocycles. The molecule has 2 heteroatoms. The Morgan fingerprint density at radius 1 is 0.846 bits per heavy atom. The summed E-state index contributed by atoms with van der Waals surface area (Å²) < 4.78 is 5.07. The zero-order valence-electron chi connectivity index (χ0n) is 7.28. The monoisotopic (exact) mass is 181 g/mol. The average Bonchev–Trinajstić information content (AvgIpc) is 2.24. The molecule has 74 valence electrons. The Labute approximate surface area is 81.0 Å². The van der Waals surface area contributed by atoms with Gasteiger partial charge in [0.1, 0.15) is 0 Å². The van der Waals surface area contributed by atoms with Gasteiger partial charge >= 0.3 is 0 Å². The lowest BCUT2D eigenvalue weighted by Gasteiger charge is -2.08. The molecule has 0 aliphatic carbocycles. The summed E-state index contributed by atoms with van der Waals surface area (Å²) in [5.41, 5.74) is 0. The standard InChI is InChI=1S/C5H5N.C5H10O.CH4/c2*1-2-4-6-5-3-1;/h1-5H;1-5H2;1H4.